The first-order valence-corrected chi connectivity index (χ1v) is 5.65. The van der Waals surface area contributed by atoms with Crippen molar-refractivity contribution in [3.8, 4) is 0 Å². The quantitative estimate of drug-likeness (QED) is 0.794. The molecule has 0 aromatic carbocycles. The Morgan fingerprint density at radius 3 is 2.36 bits per heavy atom. The Morgan fingerprint density at radius 2 is 1.91 bits per heavy atom. The second-order valence-corrected chi connectivity index (χ2v) is 4.47. The van der Waals surface area contributed by atoms with Gasteiger partial charge in [-0.3, -0.25) is 9.48 Å². The molecule has 0 unspecified atom stereocenters. The summed E-state index contributed by atoms with van der Waals surface area (Å²) >= 11 is 0. The first-order chi connectivity index (χ1) is 9.88. The number of alkyl halides is 6. The minimum atomic E-state index is -5.23. The predicted octanol–water partition coefficient (Wildman–Crippen LogP) is 1.52. The van der Waals surface area contributed by atoms with Gasteiger partial charge in [0.2, 0.25) is 0 Å². The molecule has 1 aromatic rings. The second-order valence-electron chi connectivity index (χ2n) is 4.47. The Bertz CT molecular complexity index is 634. The largest absolute Gasteiger partial charge is 0.438 e. The number of halogens is 6. The normalized spacial score (nSPS) is 22.5. The van der Waals surface area contributed by atoms with E-state index in [1.54, 1.807) is 0 Å². The van der Waals surface area contributed by atoms with Crippen molar-refractivity contribution in [2.24, 2.45) is 12.1 Å². The van der Waals surface area contributed by atoms with Gasteiger partial charge in [0.05, 0.1) is 0 Å². The zero-order valence-corrected chi connectivity index (χ0v) is 10.8. The van der Waals surface area contributed by atoms with E-state index < -0.39 is 41.8 Å². The highest BCUT2D eigenvalue weighted by atomic mass is 19.4. The van der Waals surface area contributed by atoms with E-state index in [9.17, 15) is 36.2 Å². The fourth-order valence-electron chi connectivity index (χ4n) is 1.80. The molecule has 1 aromatic heterocycles. The molecule has 0 radical (unpaired) electrons. The summed E-state index contributed by atoms with van der Waals surface area (Å²) in [7, 11) is 0.953. The van der Waals surface area contributed by atoms with E-state index in [2.05, 4.69) is 10.2 Å². The van der Waals surface area contributed by atoms with Crippen LogP contribution in [0.25, 0.3) is 0 Å². The van der Waals surface area contributed by atoms with Gasteiger partial charge in [-0.15, -0.1) is 0 Å². The molecule has 0 saturated carbocycles. The van der Waals surface area contributed by atoms with Crippen molar-refractivity contribution in [2.45, 2.75) is 24.5 Å². The molecule has 0 aliphatic carbocycles. The minimum absolute atomic E-state index is 0.285. The van der Waals surface area contributed by atoms with Gasteiger partial charge in [-0.05, 0) is 0 Å². The van der Waals surface area contributed by atoms with Crippen molar-refractivity contribution in [3.05, 3.63) is 17.5 Å². The van der Waals surface area contributed by atoms with Crippen molar-refractivity contribution < 1.29 is 36.2 Å². The van der Waals surface area contributed by atoms with Crippen molar-refractivity contribution >= 4 is 12.1 Å². The monoisotopic (exact) mass is 330 g/mol. The predicted molar refractivity (Wildman–Crippen MR) is 58.5 cm³/mol. The number of aliphatic hydroxyl groups is 1. The molecule has 1 amide bonds. The summed E-state index contributed by atoms with van der Waals surface area (Å²) in [6, 6.07) is 0.285. The maximum atomic E-state index is 12.8. The zero-order chi connectivity index (χ0) is 16.9. The number of aryl methyl sites for hydroxylation is 1. The second kappa shape index (κ2) is 4.69. The summed E-state index contributed by atoms with van der Waals surface area (Å²) in [6.45, 7) is 0. The molecule has 1 aliphatic rings. The van der Waals surface area contributed by atoms with Crippen LogP contribution in [0, 0.1) is 0 Å². The lowest BCUT2D eigenvalue weighted by molar-refractivity contribution is -0.297. The van der Waals surface area contributed by atoms with E-state index in [0.717, 1.165) is 7.05 Å². The van der Waals surface area contributed by atoms with Gasteiger partial charge in [-0.1, -0.05) is 0 Å². The van der Waals surface area contributed by atoms with Crippen LogP contribution in [0.5, 0.6) is 0 Å². The number of hydrogen-bond acceptors (Lipinski definition) is 4. The molecule has 0 saturated heterocycles. The third-order valence-corrected chi connectivity index (χ3v) is 2.96. The summed E-state index contributed by atoms with van der Waals surface area (Å²) in [5, 5.41) is 15.4. The van der Waals surface area contributed by atoms with Crippen LogP contribution in [0.4, 0.5) is 26.3 Å². The van der Waals surface area contributed by atoms with Crippen LogP contribution in [0.3, 0.4) is 0 Å². The first kappa shape index (κ1) is 16.3. The van der Waals surface area contributed by atoms with Crippen molar-refractivity contribution in [1.29, 1.82) is 0 Å². The number of hydrogen-bond donors (Lipinski definition) is 1. The summed E-state index contributed by atoms with van der Waals surface area (Å²) in [4.78, 5) is 12.0. The lowest BCUT2D eigenvalue weighted by Gasteiger charge is -2.32. The number of carbonyl (C=O) groups is 1. The topological polar surface area (TPSA) is 70.7 Å². The van der Waals surface area contributed by atoms with Crippen molar-refractivity contribution in [2.75, 3.05) is 0 Å². The lowest BCUT2D eigenvalue weighted by atomic mass is 10.1. The molecule has 0 bridgehead atoms. The van der Waals surface area contributed by atoms with E-state index in [1.165, 1.54) is 0 Å². The number of nitrogens with zero attached hydrogens (tertiary/aromatic N) is 4. The summed E-state index contributed by atoms with van der Waals surface area (Å²) in [5.74, 6) is -1.56. The lowest BCUT2D eigenvalue weighted by Crippen LogP contribution is -2.56. The van der Waals surface area contributed by atoms with E-state index in [0.29, 0.717) is 10.9 Å². The van der Waals surface area contributed by atoms with Crippen LogP contribution < -0.4 is 0 Å². The maximum Gasteiger partial charge on any atom is 0.438 e. The van der Waals surface area contributed by atoms with Crippen LogP contribution in [-0.4, -0.2) is 43.9 Å². The van der Waals surface area contributed by atoms with Gasteiger partial charge >= 0.3 is 12.4 Å². The van der Waals surface area contributed by atoms with Gasteiger partial charge in [0.1, 0.15) is 5.69 Å². The molecule has 122 valence electrons. The van der Waals surface area contributed by atoms with E-state index >= 15 is 0 Å². The van der Waals surface area contributed by atoms with Gasteiger partial charge in [-0.2, -0.15) is 41.6 Å². The Kier molecular flexibility index (Phi) is 3.47. The summed E-state index contributed by atoms with van der Waals surface area (Å²) < 4.78 is 76.5. The summed E-state index contributed by atoms with van der Waals surface area (Å²) in [5.41, 5.74) is -5.85. The van der Waals surface area contributed by atoms with Crippen LogP contribution in [0.2, 0.25) is 0 Å². The van der Waals surface area contributed by atoms with E-state index in [4.69, 9.17) is 0 Å². The number of aromatic nitrogens is 2. The SMILES string of the molecule is Cn1nc(C(F)(F)F)cc1C(=O)N1N=CC[C@@]1(O)C(F)(F)F. The third kappa shape index (κ3) is 2.42. The molecule has 2 heterocycles. The average molecular weight is 330 g/mol. The highest BCUT2D eigenvalue weighted by Crippen LogP contribution is 2.39. The molecule has 1 atom stereocenters. The molecular weight excluding hydrogens is 322 g/mol. The molecule has 2 rings (SSSR count). The first-order valence-electron chi connectivity index (χ1n) is 5.65. The highest BCUT2D eigenvalue weighted by molar-refractivity contribution is 5.94. The van der Waals surface area contributed by atoms with Crippen LogP contribution in [0.15, 0.2) is 11.2 Å². The Morgan fingerprint density at radius 1 is 1.32 bits per heavy atom. The standard InChI is InChI=1S/C10H8F6N4O2/c1-19-5(4-6(18-19)9(11,12)13)7(21)20-8(22,2-3-17-20)10(14,15)16/h3-4,22H,2H2,1H3/t8-/m1/s1. The fourth-order valence-corrected chi connectivity index (χ4v) is 1.80. The average Bonchev–Trinajstić information content (AvgIpc) is 2.91. The van der Waals surface area contributed by atoms with Gasteiger partial charge in [-0.25, -0.2) is 0 Å². The number of carbonyl (C=O) groups excluding carboxylic acids is 1. The van der Waals surface area contributed by atoms with Crippen LogP contribution in [0.1, 0.15) is 22.6 Å². The molecule has 6 nitrogen and oxygen atoms in total. The van der Waals surface area contributed by atoms with Gasteiger partial charge in [0.15, 0.2) is 5.69 Å². The van der Waals surface area contributed by atoms with E-state index in [1.807, 2.05) is 0 Å². The summed E-state index contributed by atoms with van der Waals surface area (Å²) in [6.07, 6.45) is -10.5. The van der Waals surface area contributed by atoms with Gasteiger partial charge in [0, 0.05) is 25.7 Å². The Hall–Kier alpha value is -2.11. The van der Waals surface area contributed by atoms with Gasteiger partial charge in [0.25, 0.3) is 11.6 Å². The number of amides is 1. The van der Waals surface area contributed by atoms with Crippen LogP contribution in [-0.2, 0) is 13.2 Å². The van der Waals surface area contributed by atoms with Crippen molar-refractivity contribution in [3.63, 3.8) is 0 Å². The Balaban J connectivity index is 2.41. The zero-order valence-electron chi connectivity index (χ0n) is 10.8. The molecule has 0 spiro atoms. The third-order valence-electron chi connectivity index (χ3n) is 2.96. The molecule has 1 aliphatic heterocycles. The molecule has 22 heavy (non-hydrogen) atoms. The highest BCUT2D eigenvalue weighted by Gasteiger charge is 2.62. The minimum Gasteiger partial charge on any atom is -0.362 e. The van der Waals surface area contributed by atoms with Crippen molar-refractivity contribution in [1.82, 2.24) is 14.8 Å². The molecule has 1 N–H and O–H groups in total. The number of rotatable bonds is 1. The Labute approximate surface area is 118 Å². The van der Waals surface area contributed by atoms with E-state index in [-0.39, 0.29) is 11.1 Å². The number of hydrazone groups is 1. The van der Waals surface area contributed by atoms with Gasteiger partial charge < -0.3 is 5.11 Å². The maximum absolute atomic E-state index is 12.8. The van der Waals surface area contributed by atoms with Crippen LogP contribution >= 0.6 is 0 Å². The molecular formula is C10H8F6N4O2. The fraction of sp³-hybridized carbons (Fsp3) is 0.500. The smallest absolute Gasteiger partial charge is 0.362 e. The molecule has 12 heteroatoms. The molecule has 0 fully saturated rings.